The molecule has 9 heteroatoms. The summed E-state index contributed by atoms with van der Waals surface area (Å²) in [5.74, 6) is 3.03. The number of hydrogen-bond donors (Lipinski definition) is 2. The molecule has 0 spiro atoms. The fraction of sp³-hybridized carbons (Fsp3) is 0.211. The Morgan fingerprint density at radius 3 is 2.11 bits per heavy atom. The lowest BCUT2D eigenvalue weighted by molar-refractivity contribution is 0.324. The Balaban J connectivity index is 1.85. The van der Waals surface area contributed by atoms with Crippen molar-refractivity contribution in [2.75, 3.05) is 39.1 Å². The number of nitrogens with one attached hydrogen (secondary N) is 2. The molecule has 0 aliphatic heterocycles. The van der Waals surface area contributed by atoms with Crippen molar-refractivity contribution in [3.63, 3.8) is 0 Å². The molecular weight excluding hydrogens is 362 g/mol. The molecule has 0 unspecified atom stereocenters. The Kier molecular flexibility index (Phi) is 5.95. The molecule has 2 N–H and O–H groups in total. The van der Waals surface area contributed by atoms with E-state index in [0.717, 1.165) is 5.69 Å². The minimum Gasteiger partial charge on any atom is -0.495 e. The van der Waals surface area contributed by atoms with Crippen molar-refractivity contribution in [2.45, 2.75) is 0 Å². The van der Waals surface area contributed by atoms with Crippen LogP contribution in [-0.2, 0) is 0 Å². The molecule has 9 nitrogen and oxygen atoms in total. The molecule has 0 saturated heterocycles. The molecule has 0 amide bonds. The summed E-state index contributed by atoms with van der Waals surface area (Å²) in [5.41, 5.74) is 1.43. The second-order valence-electron chi connectivity index (χ2n) is 5.53. The molecule has 3 aromatic rings. The zero-order valence-corrected chi connectivity index (χ0v) is 16.0. The van der Waals surface area contributed by atoms with Crippen LogP contribution in [0.25, 0.3) is 0 Å². The van der Waals surface area contributed by atoms with Gasteiger partial charge in [0, 0.05) is 17.8 Å². The summed E-state index contributed by atoms with van der Waals surface area (Å²) in [4.78, 5) is 4.43. The summed E-state index contributed by atoms with van der Waals surface area (Å²) in [7, 11) is 6.26. The molecule has 0 bridgehead atoms. The van der Waals surface area contributed by atoms with Gasteiger partial charge in [0.15, 0.2) is 17.3 Å². The number of ether oxygens (including phenoxy) is 4. The van der Waals surface area contributed by atoms with Gasteiger partial charge in [0.1, 0.15) is 5.75 Å². The highest BCUT2D eigenvalue weighted by atomic mass is 16.5. The molecule has 0 saturated carbocycles. The highest BCUT2D eigenvalue weighted by Gasteiger charge is 2.14. The summed E-state index contributed by atoms with van der Waals surface area (Å²) in [6, 6.07) is 11.0. The van der Waals surface area contributed by atoms with Gasteiger partial charge < -0.3 is 29.6 Å². The number of hydrogen-bond acceptors (Lipinski definition) is 9. The smallest absolute Gasteiger partial charge is 0.249 e. The van der Waals surface area contributed by atoms with Crippen LogP contribution in [0.2, 0.25) is 0 Å². The van der Waals surface area contributed by atoms with Crippen LogP contribution in [0.1, 0.15) is 0 Å². The molecule has 146 valence electrons. The lowest BCUT2D eigenvalue weighted by Crippen LogP contribution is -2.04. The first-order valence-electron chi connectivity index (χ1n) is 8.35. The Bertz CT molecular complexity index is 926. The van der Waals surface area contributed by atoms with Gasteiger partial charge in [-0.2, -0.15) is 10.1 Å². The lowest BCUT2D eigenvalue weighted by atomic mass is 10.2. The maximum Gasteiger partial charge on any atom is 0.249 e. The molecule has 0 fully saturated rings. The molecule has 1 aromatic heterocycles. The average molecular weight is 383 g/mol. The van der Waals surface area contributed by atoms with Gasteiger partial charge in [0.05, 0.1) is 40.3 Å². The van der Waals surface area contributed by atoms with Gasteiger partial charge >= 0.3 is 0 Å². The number of nitrogens with zero attached hydrogens (tertiary/aromatic N) is 3. The van der Waals surface area contributed by atoms with Crippen LogP contribution in [0.4, 0.5) is 23.1 Å². The quantitative estimate of drug-likeness (QED) is 0.606. The lowest BCUT2D eigenvalue weighted by Gasteiger charge is -2.14. The Morgan fingerprint density at radius 2 is 1.46 bits per heavy atom. The van der Waals surface area contributed by atoms with Gasteiger partial charge in [-0.05, 0) is 12.1 Å². The van der Waals surface area contributed by atoms with Crippen molar-refractivity contribution < 1.29 is 18.9 Å². The van der Waals surface area contributed by atoms with E-state index in [2.05, 4.69) is 25.8 Å². The number of aromatic nitrogens is 3. The van der Waals surface area contributed by atoms with Crippen LogP contribution in [0.5, 0.6) is 23.0 Å². The number of anilines is 4. The third kappa shape index (κ3) is 4.14. The van der Waals surface area contributed by atoms with E-state index in [1.165, 1.54) is 6.20 Å². The topological polar surface area (TPSA) is 99.7 Å². The highest BCUT2D eigenvalue weighted by molar-refractivity contribution is 5.67. The summed E-state index contributed by atoms with van der Waals surface area (Å²) >= 11 is 0. The van der Waals surface area contributed by atoms with E-state index in [1.807, 2.05) is 24.3 Å². The SMILES string of the molecule is COc1ccccc1Nc1cnnc(Nc2cc(OC)c(OC)c(OC)c2)n1. The van der Waals surface area contributed by atoms with Crippen LogP contribution in [0.3, 0.4) is 0 Å². The molecule has 0 radical (unpaired) electrons. The van der Waals surface area contributed by atoms with Gasteiger partial charge in [-0.1, -0.05) is 12.1 Å². The predicted molar refractivity (Wildman–Crippen MR) is 105 cm³/mol. The summed E-state index contributed by atoms with van der Waals surface area (Å²) in [6.07, 6.45) is 1.52. The fourth-order valence-electron chi connectivity index (χ4n) is 2.58. The second kappa shape index (κ2) is 8.76. The fourth-order valence-corrected chi connectivity index (χ4v) is 2.58. The van der Waals surface area contributed by atoms with Crippen LogP contribution in [-0.4, -0.2) is 43.6 Å². The van der Waals surface area contributed by atoms with E-state index in [9.17, 15) is 0 Å². The van der Waals surface area contributed by atoms with E-state index >= 15 is 0 Å². The monoisotopic (exact) mass is 383 g/mol. The van der Waals surface area contributed by atoms with Crippen LogP contribution in [0, 0.1) is 0 Å². The van der Waals surface area contributed by atoms with E-state index in [1.54, 1.807) is 40.6 Å². The number of rotatable bonds is 8. The Hall–Kier alpha value is -3.75. The molecule has 0 aliphatic rings. The second-order valence-corrected chi connectivity index (χ2v) is 5.53. The minimum absolute atomic E-state index is 0.300. The van der Waals surface area contributed by atoms with Crippen LogP contribution < -0.4 is 29.6 Å². The highest BCUT2D eigenvalue weighted by Crippen LogP contribution is 2.40. The Morgan fingerprint density at radius 1 is 0.786 bits per heavy atom. The van der Waals surface area contributed by atoms with Crippen molar-refractivity contribution in [1.82, 2.24) is 15.2 Å². The standard InChI is InChI=1S/C19H21N5O4/c1-25-14-8-6-5-7-13(14)22-17-11-20-24-19(23-17)21-12-9-15(26-2)18(28-4)16(10-12)27-3/h5-11H,1-4H3,(H2,21,22,23,24). The summed E-state index contributed by atoms with van der Waals surface area (Å²) < 4.78 is 21.4. The molecule has 0 atom stereocenters. The van der Waals surface area contributed by atoms with Crippen molar-refractivity contribution in [2.24, 2.45) is 0 Å². The van der Waals surface area contributed by atoms with Gasteiger partial charge in [-0.25, -0.2) is 0 Å². The van der Waals surface area contributed by atoms with Gasteiger partial charge in [0.25, 0.3) is 0 Å². The molecular formula is C19H21N5O4. The van der Waals surface area contributed by atoms with Crippen molar-refractivity contribution >= 4 is 23.1 Å². The van der Waals surface area contributed by atoms with Gasteiger partial charge in [0.2, 0.25) is 11.7 Å². The van der Waals surface area contributed by atoms with Crippen LogP contribution in [0.15, 0.2) is 42.6 Å². The molecule has 3 rings (SSSR count). The normalized spacial score (nSPS) is 10.1. The van der Waals surface area contributed by atoms with Crippen LogP contribution >= 0.6 is 0 Å². The van der Waals surface area contributed by atoms with E-state index in [4.69, 9.17) is 18.9 Å². The zero-order valence-electron chi connectivity index (χ0n) is 16.0. The Labute approximate surface area is 162 Å². The van der Waals surface area contributed by atoms with Crippen molar-refractivity contribution in [3.8, 4) is 23.0 Å². The van der Waals surface area contributed by atoms with Crippen molar-refractivity contribution in [3.05, 3.63) is 42.6 Å². The number of methoxy groups -OCH3 is 4. The number of para-hydroxylation sites is 2. The third-order valence-electron chi connectivity index (χ3n) is 3.85. The predicted octanol–water partition coefficient (Wildman–Crippen LogP) is 3.39. The minimum atomic E-state index is 0.300. The van der Waals surface area contributed by atoms with Crippen molar-refractivity contribution in [1.29, 1.82) is 0 Å². The van der Waals surface area contributed by atoms with E-state index in [0.29, 0.717) is 40.5 Å². The third-order valence-corrected chi connectivity index (χ3v) is 3.85. The average Bonchev–Trinajstić information content (AvgIpc) is 2.73. The zero-order chi connectivity index (χ0) is 19.9. The first-order chi connectivity index (χ1) is 13.7. The molecule has 0 aliphatic carbocycles. The first kappa shape index (κ1) is 19.0. The maximum atomic E-state index is 5.36. The number of benzene rings is 2. The maximum absolute atomic E-state index is 5.36. The van der Waals surface area contributed by atoms with Gasteiger partial charge in [-0.3, -0.25) is 0 Å². The molecule has 2 aromatic carbocycles. The molecule has 1 heterocycles. The van der Waals surface area contributed by atoms with E-state index in [-0.39, 0.29) is 0 Å². The summed E-state index contributed by atoms with van der Waals surface area (Å²) in [5, 5.41) is 14.3. The first-order valence-corrected chi connectivity index (χ1v) is 8.35. The largest absolute Gasteiger partial charge is 0.495 e. The van der Waals surface area contributed by atoms with E-state index < -0.39 is 0 Å². The van der Waals surface area contributed by atoms with Gasteiger partial charge in [-0.15, -0.1) is 5.10 Å². The molecule has 28 heavy (non-hydrogen) atoms. The summed E-state index contributed by atoms with van der Waals surface area (Å²) in [6.45, 7) is 0.